The van der Waals surface area contributed by atoms with Crippen LogP contribution in [0.1, 0.15) is 0 Å². The van der Waals surface area contributed by atoms with Crippen molar-refractivity contribution in [2.45, 2.75) is 0 Å². The van der Waals surface area contributed by atoms with E-state index in [-0.39, 0.29) is 5.69 Å². The second-order valence-electron chi connectivity index (χ2n) is 3.80. The van der Waals surface area contributed by atoms with Crippen molar-refractivity contribution >= 4 is 16.7 Å². The van der Waals surface area contributed by atoms with Gasteiger partial charge in [0.1, 0.15) is 11.3 Å². The quantitative estimate of drug-likeness (QED) is 0.508. The van der Waals surface area contributed by atoms with E-state index in [9.17, 15) is 10.1 Å². The zero-order chi connectivity index (χ0) is 12.5. The Balaban J connectivity index is 2.23. The Morgan fingerprint density at radius 2 is 2.06 bits per heavy atom. The second kappa shape index (κ2) is 3.96. The molecule has 2 heterocycles. The predicted octanol–water partition coefficient (Wildman–Crippen LogP) is 3.40. The van der Waals surface area contributed by atoms with Crippen molar-refractivity contribution in [3.8, 4) is 11.3 Å². The third-order valence-electron chi connectivity index (χ3n) is 2.68. The van der Waals surface area contributed by atoms with Gasteiger partial charge in [0.05, 0.1) is 10.5 Å². The summed E-state index contributed by atoms with van der Waals surface area (Å²) in [6.45, 7) is 0. The Kier molecular flexibility index (Phi) is 2.30. The maximum atomic E-state index is 11.0. The summed E-state index contributed by atoms with van der Waals surface area (Å²) in [5.74, 6) is 0.477. The monoisotopic (exact) mass is 240 g/mol. The molecule has 0 unspecified atom stereocenters. The number of nitro groups is 1. The normalized spacial score (nSPS) is 10.7. The SMILES string of the molecule is O=[N+]([O-])c1ccccc1-c1cc2cnccc2o1. The smallest absolute Gasteiger partial charge is 0.280 e. The molecular weight excluding hydrogens is 232 g/mol. The molecule has 0 amide bonds. The lowest BCUT2D eigenvalue weighted by molar-refractivity contribution is -0.384. The van der Waals surface area contributed by atoms with Gasteiger partial charge in [-0.3, -0.25) is 15.1 Å². The van der Waals surface area contributed by atoms with E-state index in [2.05, 4.69) is 4.98 Å². The van der Waals surface area contributed by atoms with Crippen LogP contribution in [-0.4, -0.2) is 9.91 Å². The number of para-hydroxylation sites is 1. The Labute approximate surface area is 102 Å². The molecule has 0 aliphatic rings. The third-order valence-corrected chi connectivity index (χ3v) is 2.68. The first kappa shape index (κ1) is 10.5. The van der Waals surface area contributed by atoms with Crippen molar-refractivity contribution in [3.05, 3.63) is 58.9 Å². The highest BCUT2D eigenvalue weighted by Crippen LogP contribution is 2.33. The highest BCUT2D eigenvalue weighted by atomic mass is 16.6. The van der Waals surface area contributed by atoms with Crippen LogP contribution in [0.4, 0.5) is 5.69 Å². The fourth-order valence-corrected chi connectivity index (χ4v) is 1.86. The molecule has 3 aromatic rings. The molecule has 0 saturated heterocycles. The highest BCUT2D eigenvalue weighted by molar-refractivity contribution is 5.83. The molecule has 0 N–H and O–H groups in total. The van der Waals surface area contributed by atoms with Crippen LogP contribution in [0.2, 0.25) is 0 Å². The summed E-state index contributed by atoms with van der Waals surface area (Å²) >= 11 is 0. The second-order valence-corrected chi connectivity index (χ2v) is 3.80. The standard InChI is InChI=1S/C13H8N2O3/c16-15(17)11-4-2-1-3-10(11)13-7-9-8-14-6-5-12(9)18-13/h1-8H. The summed E-state index contributed by atoms with van der Waals surface area (Å²) in [7, 11) is 0. The number of aromatic nitrogens is 1. The van der Waals surface area contributed by atoms with Gasteiger partial charge in [-0.1, -0.05) is 12.1 Å². The first-order valence-corrected chi connectivity index (χ1v) is 5.33. The minimum atomic E-state index is -0.416. The van der Waals surface area contributed by atoms with E-state index in [0.29, 0.717) is 16.9 Å². The van der Waals surface area contributed by atoms with Crippen LogP contribution in [-0.2, 0) is 0 Å². The molecule has 88 valence electrons. The van der Waals surface area contributed by atoms with Crippen molar-refractivity contribution in [1.29, 1.82) is 0 Å². The van der Waals surface area contributed by atoms with E-state index in [1.54, 1.807) is 42.7 Å². The zero-order valence-electron chi connectivity index (χ0n) is 9.24. The van der Waals surface area contributed by atoms with Crippen molar-refractivity contribution in [2.75, 3.05) is 0 Å². The number of rotatable bonds is 2. The van der Waals surface area contributed by atoms with Crippen LogP contribution >= 0.6 is 0 Å². The molecule has 0 atom stereocenters. The number of furan rings is 1. The fourth-order valence-electron chi connectivity index (χ4n) is 1.86. The van der Waals surface area contributed by atoms with Gasteiger partial charge in [-0.15, -0.1) is 0 Å². The molecule has 0 bridgehead atoms. The number of hydrogen-bond acceptors (Lipinski definition) is 4. The van der Waals surface area contributed by atoms with Crippen LogP contribution in [0.5, 0.6) is 0 Å². The number of pyridine rings is 1. The summed E-state index contributed by atoms with van der Waals surface area (Å²) in [5, 5.41) is 11.8. The summed E-state index contributed by atoms with van der Waals surface area (Å²) < 4.78 is 5.60. The Hall–Kier alpha value is -2.69. The summed E-state index contributed by atoms with van der Waals surface area (Å²) in [6.07, 6.45) is 3.28. The molecule has 2 aromatic heterocycles. The van der Waals surface area contributed by atoms with Gasteiger partial charge in [0.15, 0.2) is 0 Å². The minimum Gasteiger partial charge on any atom is -0.456 e. The number of nitro benzene ring substituents is 1. The molecule has 18 heavy (non-hydrogen) atoms. The molecule has 5 heteroatoms. The van der Waals surface area contributed by atoms with E-state index < -0.39 is 4.92 Å². The largest absolute Gasteiger partial charge is 0.456 e. The van der Waals surface area contributed by atoms with E-state index >= 15 is 0 Å². The van der Waals surface area contributed by atoms with E-state index in [1.165, 1.54) is 6.07 Å². The highest BCUT2D eigenvalue weighted by Gasteiger charge is 2.17. The fraction of sp³-hybridized carbons (Fsp3) is 0. The molecule has 0 aliphatic heterocycles. The van der Waals surface area contributed by atoms with Gasteiger partial charge < -0.3 is 4.42 Å². The number of benzene rings is 1. The van der Waals surface area contributed by atoms with Gasteiger partial charge in [0, 0.05) is 23.8 Å². The van der Waals surface area contributed by atoms with Gasteiger partial charge in [0.25, 0.3) is 5.69 Å². The van der Waals surface area contributed by atoms with Crippen LogP contribution in [0, 0.1) is 10.1 Å². The molecule has 0 spiro atoms. The van der Waals surface area contributed by atoms with Crippen molar-refractivity contribution in [3.63, 3.8) is 0 Å². The van der Waals surface area contributed by atoms with E-state index in [0.717, 1.165) is 5.39 Å². The Morgan fingerprint density at radius 1 is 1.22 bits per heavy atom. The molecule has 0 radical (unpaired) electrons. The van der Waals surface area contributed by atoms with Crippen LogP contribution < -0.4 is 0 Å². The Morgan fingerprint density at radius 3 is 2.83 bits per heavy atom. The topological polar surface area (TPSA) is 69.2 Å². The average Bonchev–Trinajstić information content (AvgIpc) is 2.82. The van der Waals surface area contributed by atoms with Crippen LogP contribution in [0.15, 0.2) is 53.2 Å². The maximum absolute atomic E-state index is 11.0. The van der Waals surface area contributed by atoms with E-state index in [4.69, 9.17) is 4.42 Å². The van der Waals surface area contributed by atoms with Crippen molar-refractivity contribution in [2.24, 2.45) is 0 Å². The van der Waals surface area contributed by atoms with Gasteiger partial charge >= 0.3 is 0 Å². The van der Waals surface area contributed by atoms with E-state index in [1.807, 2.05) is 0 Å². The maximum Gasteiger partial charge on any atom is 0.280 e. The van der Waals surface area contributed by atoms with Crippen molar-refractivity contribution in [1.82, 2.24) is 4.98 Å². The lowest BCUT2D eigenvalue weighted by Crippen LogP contribution is -1.90. The first-order chi connectivity index (χ1) is 8.75. The molecule has 1 aromatic carbocycles. The molecular formula is C13H8N2O3. The molecule has 0 fully saturated rings. The summed E-state index contributed by atoms with van der Waals surface area (Å²) in [5.41, 5.74) is 1.17. The molecule has 0 saturated carbocycles. The molecule has 3 rings (SSSR count). The summed E-state index contributed by atoms with van der Waals surface area (Å²) in [4.78, 5) is 14.5. The van der Waals surface area contributed by atoms with Gasteiger partial charge in [-0.2, -0.15) is 0 Å². The number of nitrogens with zero attached hydrogens (tertiary/aromatic N) is 2. The molecule has 0 aliphatic carbocycles. The van der Waals surface area contributed by atoms with Crippen LogP contribution in [0.3, 0.4) is 0 Å². The lowest BCUT2D eigenvalue weighted by atomic mass is 10.1. The third kappa shape index (κ3) is 1.62. The van der Waals surface area contributed by atoms with Gasteiger partial charge in [-0.25, -0.2) is 0 Å². The molecule has 5 nitrogen and oxygen atoms in total. The average molecular weight is 240 g/mol. The van der Waals surface area contributed by atoms with Gasteiger partial charge in [-0.05, 0) is 18.2 Å². The number of fused-ring (bicyclic) bond motifs is 1. The number of hydrogen-bond donors (Lipinski definition) is 0. The minimum absolute atomic E-state index is 0.0320. The first-order valence-electron chi connectivity index (χ1n) is 5.33. The predicted molar refractivity (Wildman–Crippen MR) is 66.1 cm³/mol. The van der Waals surface area contributed by atoms with Crippen LogP contribution in [0.25, 0.3) is 22.3 Å². The van der Waals surface area contributed by atoms with Crippen molar-refractivity contribution < 1.29 is 9.34 Å². The lowest BCUT2D eigenvalue weighted by Gasteiger charge is -1.97. The van der Waals surface area contributed by atoms with Gasteiger partial charge in [0.2, 0.25) is 0 Å². The summed E-state index contributed by atoms with van der Waals surface area (Å²) in [6, 6.07) is 9.99. The zero-order valence-corrected chi connectivity index (χ0v) is 9.24. The Bertz CT molecular complexity index is 701.